The van der Waals surface area contributed by atoms with E-state index >= 15 is 0 Å². The maximum absolute atomic E-state index is 7.57. The van der Waals surface area contributed by atoms with Gasteiger partial charge in [-0.25, -0.2) is 22.8 Å². The molecular weight excluding hydrogens is 1260 g/mol. The first kappa shape index (κ1) is 80.0. The number of pyridine rings is 5. The third-order valence-electron chi connectivity index (χ3n) is 23.4. The fourth-order valence-corrected chi connectivity index (χ4v) is 14.4. The molecule has 10 rings (SSSR count). The smallest absolute Gasteiger partial charge is 0.201 e. The first-order valence-corrected chi connectivity index (χ1v) is 38.9. The van der Waals surface area contributed by atoms with Crippen LogP contribution in [0.4, 0.5) is 0 Å². The molecule has 0 aliphatic carbocycles. The highest BCUT2D eigenvalue weighted by Crippen LogP contribution is 2.40. The van der Waals surface area contributed by atoms with Gasteiger partial charge in [0.15, 0.2) is 31.0 Å². The van der Waals surface area contributed by atoms with Gasteiger partial charge in [0.1, 0.15) is 35.2 Å². The fraction of sp³-hybridized carbons (Fsp3) is 0.444. The number of hydrogen-bond acceptors (Lipinski definition) is 0. The third kappa shape index (κ3) is 20.5. The number of rotatable bonds is 17. The van der Waals surface area contributed by atoms with Gasteiger partial charge in [-0.2, -0.15) is 0 Å². The largest absolute Gasteiger partial charge is 0.212 e. The van der Waals surface area contributed by atoms with Crippen molar-refractivity contribution in [2.45, 2.75) is 259 Å². The topological polar surface area (TPSA) is 19.4 Å². The number of aromatic nitrogens is 5. The summed E-state index contributed by atoms with van der Waals surface area (Å²) in [5.41, 5.74) is 35.6. The van der Waals surface area contributed by atoms with E-state index in [2.05, 4.69) is 383 Å². The Kier molecular flexibility index (Phi) is 27.9. The van der Waals surface area contributed by atoms with Gasteiger partial charge in [-0.3, -0.25) is 0 Å². The Morgan fingerprint density at radius 1 is 0.288 bits per heavy atom. The molecule has 5 heterocycles. The summed E-state index contributed by atoms with van der Waals surface area (Å²) in [7, 11) is 10.7. The van der Waals surface area contributed by atoms with Crippen molar-refractivity contribution in [2.75, 3.05) is 0 Å². The minimum absolute atomic E-state index is 0.139. The number of hydrogen-bond donors (Lipinski definition) is 0. The summed E-state index contributed by atoms with van der Waals surface area (Å²) < 4.78 is 34.0. The third-order valence-corrected chi connectivity index (χ3v) is 23.4. The van der Waals surface area contributed by atoms with Crippen molar-refractivity contribution in [2.24, 2.45) is 35.2 Å². The molecule has 0 aliphatic heterocycles. The van der Waals surface area contributed by atoms with Gasteiger partial charge >= 0.3 is 0 Å². The predicted octanol–water partition coefficient (Wildman–Crippen LogP) is 24.1. The lowest BCUT2D eigenvalue weighted by molar-refractivity contribution is -0.661. The van der Waals surface area contributed by atoms with Crippen LogP contribution in [-0.4, -0.2) is 0 Å². The molecule has 0 bridgehead atoms. The van der Waals surface area contributed by atoms with Crippen molar-refractivity contribution < 1.29 is 26.9 Å². The van der Waals surface area contributed by atoms with E-state index in [1.54, 1.807) is 12.1 Å². The normalized spacial score (nSPS) is 12.7. The SMILES string of the molecule is CCC(C)(C)c1c[n+](C)c(-c2ccc(C)cc2C)cc1C.CCC(C)(C)c1cc(-c2ccccc2C)[n+](C)cc1C(C)(C)CC.CCC(C)c1c[n+](C)c(-c2ccccc2C)cc1C.CCC(C)c1c[n+](C)c(-c2ccccc2C)cc1C.[2H]C([2H])([2H])c1ccc(-c2cc(C)c(C(C)(C)CC)c[n+]2C)c(C)c1. The monoisotopic (exact) mass is 1400 g/mol. The van der Waals surface area contributed by atoms with Crippen molar-refractivity contribution >= 4 is 0 Å². The van der Waals surface area contributed by atoms with Crippen LogP contribution in [0, 0.1) is 76.1 Å². The minimum atomic E-state index is -2.06. The van der Waals surface area contributed by atoms with E-state index in [0.29, 0.717) is 17.4 Å². The summed E-state index contributed by atoms with van der Waals surface area (Å²) in [6.07, 6.45) is 18.4. The highest BCUT2D eigenvalue weighted by atomic mass is 14.9. The van der Waals surface area contributed by atoms with Gasteiger partial charge in [0.25, 0.3) is 0 Å². The van der Waals surface area contributed by atoms with E-state index in [1.165, 1.54) is 141 Å². The molecule has 5 nitrogen and oxygen atoms in total. The van der Waals surface area contributed by atoms with Crippen molar-refractivity contribution in [1.82, 2.24) is 0 Å². The number of benzene rings is 5. The van der Waals surface area contributed by atoms with Crippen molar-refractivity contribution in [3.05, 3.63) is 265 Å². The maximum Gasteiger partial charge on any atom is 0.212 e. The Balaban J connectivity index is 0.000000210. The van der Waals surface area contributed by atoms with Crippen LogP contribution in [0.25, 0.3) is 56.3 Å². The van der Waals surface area contributed by atoms with E-state index in [4.69, 9.17) is 4.11 Å². The molecule has 0 spiro atoms. The second-order valence-electron chi connectivity index (χ2n) is 33.0. The number of aryl methyl sites for hydroxylation is 16. The van der Waals surface area contributed by atoms with Gasteiger partial charge in [0.2, 0.25) is 28.5 Å². The molecule has 104 heavy (non-hydrogen) atoms. The summed E-state index contributed by atoms with van der Waals surface area (Å²) in [5.74, 6) is 1.24. The van der Waals surface area contributed by atoms with E-state index in [0.717, 1.165) is 42.5 Å². The summed E-state index contributed by atoms with van der Waals surface area (Å²) in [5, 5.41) is 0. The van der Waals surface area contributed by atoms with Gasteiger partial charge in [-0.1, -0.05) is 201 Å². The van der Waals surface area contributed by atoms with Crippen molar-refractivity contribution in [3.63, 3.8) is 0 Å². The molecule has 0 radical (unpaired) electrons. The maximum atomic E-state index is 7.57. The molecule has 2 atom stereocenters. The standard InChI is InChI=1S/C23H34N.2C20H28N.2C18H24N/c1-9-22(4,5)19-15-21(18-14-12-11-13-17(18)3)24(8)16-20(19)23(6,7)10-2;2*1-8-20(5,6)18-13-21(7)19(12-16(18)4)17-10-9-14(2)11-15(17)3;2*1-6-13(2)17-12-19(5)18(11-15(17)4)16-10-8-7-9-14(16)3/h11-16H,9-10H2,1-8H3;2*9-13H,8H2,1-7H3;2*7-13H,6H2,1-5H3/q5*+1/i;2D3;;;. The number of nitrogens with zero attached hydrogens (tertiary/aromatic N) is 5. The first-order valence-electron chi connectivity index (χ1n) is 40.4. The molecule has 0 aliphatic rings. The zero-order valence-corrected chi connectivity index (χ0v) is 70.8. The quantitative estimate of drug-likeness (QED) is 0.0810. The molecule has 2 unspecified atom stereocenters. The van der Waals surface area contributed by atoms with Gasteiger partial charge in [-0.05, 0) is 234 Å². The van der Waals surface area contributed by atoms with Gasteiger partial charge in [-0.15, -0.1) is 0 Å². The van der Waals surface area contributed by atoms with Gasteiger partial charge < -0.3 is 0 Å². The lowest BCUT2D eigenvalue weighted by Crippen LogP contribution is -2.37. The molecule has 0 fully saturated rings. The fourth-order valence-electron chi connectivity index (χ4n) is 14.4. The van der Waals surface area contributed by atoms with Crippen LogP contribution in [0.3, 0.4) is 0 Å². The highest BCUT2D eigenvalue weighted by molar-refractivity contribution is 5.66. The lowest BCUT2D eigenvalue weighted by Gasteiger charge is -2.32. The average Bonchev–Trinajstić information content (AvgIpc) is 0.767. The van der Waals surface area contributed by atoms with Crippen LogP contribution in [0.5, 0.6) is 0 Å². The average molecular weight is 1400 g/mol. The summed E-state index contributed by atoms with van der Waals surface area (Å²) in [4.78, 5) is 0. The molecule has 0 saturated heterocycles. The van der Waals surface area contributed by atoms with Gasteiger partial charge in [0, 0.05) is 90.1 Å². The zero-order valence-electron chi connectivity index (χ0n) is 73.8. The van der Waals surface area contributed by atoms with Crippen LogP contribution in [0.1, 0.15) is 260 Å². The van der Waals surface area contributed by atoms with Crippen molar-refractivity contribution in [1.29, 1.82) is 0 Å². The van der Waals surface area contributed by atoms with Crippen LogP contribution in [0.2, 0.25) is 0 Å². The van der Waals surface area contributed by atoms with E-state index in [9.17, 15) is 0 Å². The summed E-state index contributed by atoms with van der Waals surface area (Å²) in [6.45, 7) is 56.5. The summed E-state index contributed by atoms with van der Waals surface area (Å²) in [6, 6.07) is 49.6. The molecule has 0 saturated carbocycles. The minimum Gasteiger partial charge on any atom is -0.201 e. The molecule has 5 heteroatoms. The Morgan fingerprint density at radius 3 is 0.875 bits per heavy atom. The lowest BCUT2D eigenvalue weighted by atomic mass is 9.71. The Hall–Kier alpha value is -8.15. The van der Waals surface area contributed by atoms with Crippen LogP contribution < -0.4 is 22.8 Å². The molecule has 0 N–H and O–H groups in total. The second kappa shape index (κ2) is 36.2. The van der Waals surface area contributed by atoms with Crippen LogP contribution in [-0.2, 0) is 56.9 Å². The van der Waals surface area contributed by atoms with E-state index < -0.39 is 6.85 Å². The molecule has 554 valence electrons. The van der Waals surface area contributed by atoms with E-state index in [-0.39, 0.29) is 21.7 Å². The summed E-state index contributed by atoms with van der Waals surface area (Å²) >= 11 is 0. The highest BCUT2D eigenvalue weighted by Gasteiger charge is 2.34. The predicted molar refractivity (Wildman–Crippen MR) is 448 cm³/mol. The molecule has 5 aromatic carbocycles. The Labute approximate surface area is 638 Å². The van der Waals surface area contributed by atoms with Crippen LogP contribution >= 0.6 is 0 Å². The Morgan fingerprint density at radius 2 is 0.558 bits per heavy atom. The molecule has 10 aromatic rings. The van der Waals surface area contributed by atoms with Crippen LogP contribution in [0.15, 0.2) is 171 Å². The van der Waals surface area contributed by atoms with E-state index in [1.807, 2.05) is 13.0 Å². The second-order valence-corrected chi connectivity index (χ2v) is 33.0. The Bertz CT molecular complexity index is 4580. The van der Waals surface area contributed by atoms with Gasteiger partial charge in [0.05, 0.1) is 0 Å². The molecule has 5 aromatic heterocycles. The first-order chi connectivity index (χ1) is 49.9. The molecular formula is C99H138N5+5. The molecule has 0 amide bonds. The zero-order chi connectivity index (χ0) is 80.2. The van der Waals surface area contributed by atoms with Crippen molar-refractivity contribution in [3.8, 4) is 56.3 Å².